The third-order valence-electron chi connectivity index (χ3n) is 7.79. The van der Waals surface area contributed by atoms with Crippen molar-refractivity contribution < 1.29 is 4.57 Å². The number of rotatable bonds is 4. The molecule has 0 radical (unpaired) electrons. The van der Waals surface area contributed by atoms with Crippen LogP contribution in [0.1, 0.15) is 49.1 Å². The van der Waals surface area contributed by atoms with Crippen LogP contribution in [0.25, 0.3) is 33.2 Å². The minimum absolute atomic E-state index is 0.658. The summed E-state index contributed by atoms with van der Waals surface area (Å²) in [5.74, 6) is 0.658. The molecule has 1 saturated carbocycles. The molecule has 1 fully saturated rings. The Morgan fingerprint density at radius 2 is 1.47 bits per heavy atom. The molecule has 0 unspecified atom stereocenters. The average Bonchev–Trinajstić information content (AvgIpc) is 2.84. The van der Waals surface area contributed by atoms with Gasteiger partial charge in [0.05, 0.1) is 8.07 Å². The Kier molecular flexibility index (Phi) is 6.20. The Bertz CT molecular complexity index is 1340. The number of aryl methyl sites for hydroxylation is 2. The van der Waals surface area contributed by atoms with Gasteiger partial charge in [-0.2, -0.15) is 0 Å². The largest absolute Gasteiger partial charge is 0.213 e. The van der Waals surface area contributed by atoms with Crippen LogP contribution in [0.4, 0.5) is 0 Å². The standard InChI is InChI=1S/C32H38NSi/c1-23-11-9-10-14-29(23)32-21-30(31(22-33(32)2)24-12-7-6-8-13-24)27-16-15-26-20-28(34(3,4)5)18-17-25(26)19-27/h9-11,14-22,24H,6-8,12-13H2,1-5H3/q+1. The molecule has 1 aromatic heterocycles. The molecule has 1 nitrogen and oxygen atoms in total. The lowest BCUT2D eigenvalue weighted by Gasteiger charge is -2.24. The zero-order valence-corrected chi connectivity index (χ0v) is 22.5. The van der Waals surface area contributed by atoms with Crippen molar-refractivity contribution in [1.29, 1.82) is 0 Å². The van der Waals surface area contributed by atoms with Gasteiger partial charge in [0.1, 0.15) is 7.05 Å². The van der Waals surface area contributed by atoms with Crippen LogP contribution in [-0.2, 0) is 7.05 Å². The zero-order valence-electron chi connectivity index (χ0n) is 21.5. The molecular formula is C32H38NSi+. The molecule has 0 amide bonds. The van der Waals surface area contributed by atoms with E-state index in [9.17, 15) is 0 Å². The van der Waals surface area contributed by atoms with E-state index in [1.807, 2.05) is 0 Å². The number of hydrogen-bond donors (Lipinski definition) is 0. The highest BCUT2D eigenvalue weighted by Crippen LogP contribution is 2.39. The number of aromatic nitrogens is 1. The van der Waals surface area contributed by atoms with Crippen molar-refractivity contribution in [3.05, 3.63) is 84.1 Å². The molecule has 2 heteroatoms. The lowest BCUT2D eigenvalue weighted by molar-refractivity contribution is -0.660. The third-order valence-corrected chi connectivity index (χ3v) is 9.83. The van der Waals surface area contributed by atoms with Crippen LogP contribution < -0.4 is 9.75 Å². The smallest absolute Gasteiger partial charge is 0.201 e. The van der Waals surface area contributed by atoms with Crippen LogP contribution in [0.2, 0.25) is 19.6 Å². The normalized spacial score (nSPS) is 15.1. The van der Waals surface area contributed by atoms with E-state index in [0.717, 1.165) is 0 Å². The number of hydrogen-bond acceptors (Lipinski definition) is 0. The van der Waals surface area contributed by atoms with Gasteiger partial charge < -0.3 is 0 Å². The van der Waals surface area contributed by atoms with Gasteiger partial charge in [-0.25, -0.2) is 4.57 Å². The van der Waals surface area contributed by atoms with E-state index in [1.54, 1.807) is 0 Å². The first-order chi connectivity index (χ1) is 16.3. The molecule has 0 bridgehead atoms. The molecule has 0 N–H and O–H groups in total. The molecule has 1 heterocycles. The lowest BCUT2D eigenvalue weighted by atomic mass is 9.81. The van der Waals surface area contributed by atoms with Crippen LogP contribution in [0.15, 0.2) is 72.9 Å². The molecule has 0 aliphatic heterocycles. The number of benzene rings is 3. The molecule has 4 aromatic rings. The molecule has 1 aliphatic carbocycles. The first kappa shape index (κ1) is 23.0. The summed E-state index contributed by atoms with van der Waals surface area (Å²) in [5.41, 5.74) is 8.23. The highest BCUT2D eigenvalue weighted by Gasteiger charge is 2.25. The molecular weight excluding hydrogens is 426 g/mol. The fourth-order valence-electron chi connectivity index (χ4n) is 5.67. The zero-order chi connectivity index (χ0) is 23.9. The number of nitrogens with zero attached hydrogens (tertiary/aromatic N) is 1. The van der Waals surface area contributed by atoms with Crippen LogP contribution in [0.5, 0.6) is 0 Å². The first-order valence-corrected chi connectivity index (χ1v) is 16.5. The van der Waals surface area contributed by atoms with Gasteiger partial charge >= 0.3 is 0 Å². The summed E-state index contributed by atoms with van der Waals surface area (Å²) < 4.78 is 2.36. The van der Waals surface area contributed by atoms with Crippen molar-refractivity contribution in [3.63, 3.8) is 0 Å². The molecule has 174 valence electrons. The fraction of sp³-hybridized carbons (Fsp3) is 0.344. The lowest BCUT2D eigenvalue weighted by Crippen LogP contribution is -2.37. The quantitative estimate of drug-likeness (QED) is 0.213. The van der Waals surface area contributed by atoms with Crippen molar-refractivity contribution in [2.24, 2.45) is 7.05 Å². The molecule has 34 heavy (non-hydrogen) atoms. The van der Waals surface area contributed by atoms with Gasteiger partial charge in [0.25, 0.3) is 0 Å². The van der Waals surface area contributed by atoms with Crippen molar-refractivity contribution >= 4 is 24.0 Å². The summed E-state index contributed by atoms with van der Waals surface area (Å²) in [6.45, 7) is 9.50. The molecule has 0 spiro atoms. The monoisotopic (exact) mass is 464 g/mol. The third kappa shape index (κ3) is 4.48. The van der Waals surface area contributed by atoms with Gasteiger partial charge in [-0.05, 0) is 65.3 Å². The van der Waals surface area contributed by atoms with Crippen LogP contribution >= 0.6 is 0 Å². The van der Waals surface area contributed by atoms with Gasteiger partial charge in [-0.3, -0.25) is 0 Å². The Morgan fingerprint density at radius 3 is 2.21 bits per heavy atom. The summed E-state index contributed by atoms with van der Waals surface area (Å²) >= 11 is 0. The van der Waals surface area contributed by atoms with Crippen molar-refractivity contribution in [1.82, 2.24) is 0 Å². The minimum atomic E-state index is -1.32. The van der Waals surface area contributed by atoms with Gasteiger partial charge in [-0.1, -0.05) is 92.6 Å². The van der Waals surface area contributed by atoms with E-state index >= 15 is 0 Å². The summed E-state index contributed by atoms with van der Waals surface area (Å²) in [7, 11) is 0.899. The Labute approximate surface area is 206 Å². The molecule has 5 rings (SSSR count). The predicted molar refractivity (Wildman–Crippen MR) is 150 cm³/mol. The second-order valence-corrected chi connectivity index (χ2v) is 16.4. The summed E-state index contributed by atoms with van der Waals surface area (Å²) in [4.78, 5) is 0. The number of fused-ring (bicyclic) bond motifs is 1. The van der Waals surface area contributed by atoms with Crippen molar-refractivity contribution in [3.8, 4) is 22.4 Å². The second-order valence-electron chi connectivity index (χ2n) is 11.3. The van der Waals surface area contributed by atoms with E-state index in [-0.39, 0.29) is 0 Å². The summed E-state index contributed by atoms with van der Waals surface area (Å²) in [6.07, 6.45) is 9.14. The molecule has 0 atom stereocenters. The van der Waals surface area contributed by atoms with Gasteiger partial charge in [0.15, 0.2) is 6.20 Å². The Balaban J connectivity index is 1.68. The minimum Gasteiger partial charge on any atom is -0.201 e. The van der Waals surface area contributed by atoms with Gasteiger partial charge in [-0.15, -0.1) is 0 Å². The molecule has 0 saturated heterocycles. The number of pyridine rings is 1. The van der Waals surface area contributed by atoms with Crippen molar-refractivity contribution in [2.75, 3.05) is 0 Å². The first-order valence-electron chi connectivity index (χ1n) is 13.0. The highest BCUT2D eigenvalue weighted by molar-refractivity contribution is 6.88. The highest BCUT2D eigenvalue weighted by atomic mass is 28.3. The average molecular weight is 465 g/mol. The molecule has 3 aromatic carbocycles. The van der Waals surface area contributed by atoms with Crippen LogP contribution in [0, 0.1) is 6.92 Å². The van der Waals surface area contributed by atoms with Crippen molar-refractivity contribution in [2.45, 2.75) is 64.6 Å². The van der Waals surface area contributed by atoms with E-state index in [1.165, 1.54) is 81.6 Å². The molecule has 1 aliphatic rings. The summed E-state index contributed by atoms with van der Waals surface area (Å²) in [5, 5.41) is 4.24. The van der Waals surface area contributed by atoms with Crippen LogP contribution in [0.3, 0.4) is 0 Å². The fourth-order valence-corrected chi connectivity index (χ4v) is 6.84. The van der Waals surface area contributed by atoms with E-state index in [2.05, 4.69) is 111 Å². The summed E-state index contributed by atoms with van der Waals surface area (Å²) in [6, 6.07) is 25.5. The van der Waals surface area contributed by atoms with E-state index in [4.69, 9.17) is 0 Å². The maximum Gasteiger partial charge on any atom is 0.213 e. The Morgan fingerprint density at radius 1 is 0.765 bits per heavy atom. The second kappa shape index (κ2) is 9.15. The predicted octanol–water partition coefficient (Wildman–Crippen LogP) is 7.90. The van der Waals surface area contributed by atoms with E-state index in [0.29, 0.717) is 5.92 Å². The van der Waals surface area contributed by atoms with Crippen LogP contribution in [-0.4, -0.2) is 8.07 Å². The SMILES string of the molecule is Cc1ccccc1-c1cc(-c2ccc3cc([Si](C)(C)C)ccc3c2)c(C2CCCCC2)c[n+]1C. The topological polar surface area (TPSA) is 3.88 Å². The van der Waals surface area contributed by atoms with Gasteiger partial charge in [0.2, 0.25) is 5.69 Å². The Hall–Kier alpha value is -2.71. The van der Waals surface area contributed by atoms with Gasteiger partial charge in [0, 0.05) is 17.2 Å². The maximum atomic E-state index is 2.46. The van der Waals surface area contributed by atoms with E-state index < -0.39 is 8.07 Å². The maximum absolute atomic E-state index is 2.46.